The van der Waals surface area contributed by atoms with Crippen molar-refractivity contribution in [1.82, 2.24) is 14.4 Å². The van der Waals surface area contributed by atoms with Crippen LogP contribution in [0, 0.1) is 19.7 Å². The molecule has 3 aromatic rings. The zero-order valence-corrected chi connectivity index (χ0v) is 20.8. The third-order valence-corrected chi connectivity index (χ3v) is 6.97. The first-order valence-electron chi connectivity index (χ1n) is 12.2. The molecule has 8 heteroatoms. The molecular weight excluding hydrogens is 447 g/mol. The number of nitrogens with one attached hydrogen (secondary N) is 1. The Balaban J connectivity index is 1.68. The lowest BCUT2D eigenvalue weighted by Gasteiger charge is -2.34. The smallest absolute Gasteiger partial charge is 0.254 e. The van der Waals surface area contributed by atoms with Gasteiger partial charge in [0.2, 0.25) is 0 Å². The van der Waals surface area contributed by atoms with Crippen LogP contribution in [0.2, 0.25) is 0 Å². The van der Waals surface area contributed by atoms with Crippen LogP contribution in [0.1, 0.15) is 27.2 Å². The second-order valence-electron chi connectivity index (χ2n) is 9.11. The van der Waals surface area contributed by atoms with Gasteiger partial charge in [-0.05, 0) is 49.2 Å². The number of β-amino-alcohol motifs (C(OH)–C–C–N with tert-alkyl or cyclic N) is 1. The maximum absolute atomic E-state index is 13.5. The van der Waals surface area contributed by atoms with Gasteiger partial charge in [-0.1, -0.05) is 12.1 Å². The molecule has 4 rings (SSSR count). The molecule has 1 amide bonds. The standard InChI is InChI=1S/C27H35FN4O3/c1-19-20(2)32(13-15-35-3)26-24(19)16-22(27(34)31-10-8-30(9-11-31)12-14-33)17-25(26)29-18-21-4-6-23(28)7-5-21/h4-7,16-17,29,33H,8-15,18H2,1-3H3. The summed E-state index contributed by atoms with van der Waals surface area (Å²) in [6, 6.07) is 10.4. The van der Waals surface area contributed by atoms with Crippen LogP contribution in [0.5, 0.6) is 0 Å². The van der Waals surface area contributed by atoms with Gasteiger partial charge in [-0.2, -0.15) is 0 Å². The Hall–Kier alpha value is -2.94. The summed E-state index contributed by atoms with van der Waals surface area (Å²) in [6.45, 7) is 9.56. The predicted molar refractivity (Wildman–Crippen MR) is 136 cm³/mol. The third-order valence-electron chi connectivity index (χ3n) is 6.97. The van der Waals surface area contributed by atoms with Crippen molar-refractivity contribution in [1.29, 1.82) is 0 Å². The zero-order chi connectivity index (χ0) is 24.9. The number of hydrogen-bond donors (Lipinski definition) is 2. The third kappa shape index (κ3) is 5.50. The topological polar surface area (TPSA) is 70.0 Å². The molecule has 2 N–H and O–H groups in total. The molecule has 0 unspecified atom stereocenters. The summed E-state index contributed by atoms with van der Waals surface area (Å²) in [5, 5.41) is 13.8. The minimum atomic E-state index is -0.262. The number of aliphatic hydroxyl groups is 1. The number of methoxy groups -OCH3 is 1. The second-order valence-corrected chi connectivity index (χ2v) is 9.11. The molecule has 0 atom stereocenters. The van der Waals surface area contributed by atoms with Crippen molar-refractivity contribution in [2.75, 3.05) is 58.4 Å². The van der Waals surface area contributed by atoms with Crippen molar-refractivity contribution in [3.63, 3.8) is 0 Å². The summed E-state index contributed by atoms with van der Waals surface area (Å²) in [6.07, 6.45) is 0. The number of hydrogen-bond acceptors (Lipinski definition) is 5. The van der Waals surface area contributed by atoms with E-state index in [1.165, 1.54) is 12.1 Å². The predicted octanol–water partition coefficient (Wildman–Crippen LogP) is 3.41. The highest BCUT2D eigenvalue weighted by atomic mass is 19.1. The first-order valence-corrected chi connectivity index (χ1v) is 12.2. The number of anilines is 1. The molecule has 1 saturated heterocycles. The van der Waals surface area contributed by atoms with E-state index >= 15 is 0 Å². The quantitative estimate of drug-likeness (QED) is 0.489. The van der Waals surface area contributed by atoms with E-state index < -0.39 is 0 Å². The Bertz CT molecular complexity index is 1170. The van der Waals surface area contributed by atoms with E-state index in [2.05, 4.69) is 28.6 Å². The minimum absolute atomic E-state index is 0.0158. The van der Waals surface area contributed by atoms with Crippen molar-refractivity contribution in [2.45, 2.75) is 26.9 Å². The first-order chi connectivity index (χ1) is 16.9. The Morgan fingerprint density at radius 3 is 2.46 bits per heavy atom. The molecule has 0 aliphatic carbocycles. The molecule has 1 aliphatic heterocycles. The van der Waals surface area contributed by atoms with Crippen LogP contribution in [0.4, 0.5) is 10.1 Å². The van der Waals surface area contributed by atoms with E-state index in [0.717, 1.165) is 46.5 Å². The summed E-state index contributed by atoms with van der Waals surface area (Å²) in [4.78, 5) is 17.6. The molecule has 7 nitrogen and oxygen atoms in total. The molecule has 0 saturated carbocycles. The summed E-state index contributed by atoms with van der Waals surface area (Å²) < 4.78 is 21.0. The van der Waals surface area contributed by atoms with Crippen LogP contribution < -0.4 is 5.32 Å². The second kappa shape index (κ2) is 11.2. The van der Waals surface area contributed by atoms with Gasteiger partial charge in [0, 0.05) is 69.6 Å². The number of halogens is 1. The number of carbonyl (C=O) groups excluding carboxylic acids is 1. The van der Waals surface area contributed by atoms with Gasteiger partial charge in [0.1, 0.15) is 5.82 Å². The van der Waals surface area contributed by atoms with Crippen LogP contribution in [0.15, 0.2) is 36.4 Å². The van der Waals surface area contributed by atoms with Crippen LogP contribution in [-0.4, -0.2) is 78.4 Å². The van der Waals surface area contributed by atoms with Gasteiger partial charge >= 0.3 is 0 Å². The summed E-state index contributed by atoms with van der Waals surface area (Å²) in [5.74, 6) is -0.246. The van der Waals surface area contributed by atoms with Gasteiger partial charge in [-0.15, -0.1) is 0 Å². The van der Waals surface area contributed by atoms with Crippen LogP contribution in [-0.2, 0) is 17.8 Å². The number of aromatic nitrogens is 1. The van der Waals surface area contributed by atoms with Crippen LogP contribution >= 0.6 is 0 Å². The molecule has 2 aromatic carbocycles. The lowest BCUT2D eigenvalue weighted by Crippen LogP contribution is -2.49. The van der Waals surface area contributed by atoms with Gasteiger partial charge in [-0.25, -0.2) is 4.39 Å². The van der Waals surface area contributed by atoms with Crippen molar-refractivity contribution < 1.29 is 19.0 Å². The van der Waals surface area contributed by atoms with E-state index in [0.29, 0.717) is 44.9 Å². The van der Waals surface area contributed by atoms with E-state index in [9.17, 15) is 14.3 Å². The van der Waals surface area contributed by atoms with Crippen molar-refractivity contribution in [3.8, 4) is 0 Å². The Morgan fingerprint density at radius 1 is 1.09 bits per heavy atom. The van der Waals surface area contributed by atoms with Gasteiger partial charge in [0.25, 0.3) is 5.91 Å². The van der Waals surface area contributed by atoms with E-state index in [4.69, 9.17) is 4.74 Å². The number of aryl methyl sites for hydroxylation is 1. The average Bonchev–Trinajstić information content (AvgIpc) is 3.12. The van der Waals surface area contributed by atoms with Crippen LogP contribution in [0.25, 0.3) is 10.9 Å². The monoisotopic (exact) mass is 482 g/mol. The zero-order valence-electron chi connectivity index (χ0n) is 20.8. The molecule has 35 heavy (non-hydrogen) atoms. The Morgan fingerprint density at radius 2 is 1.80 bits per heavy atom. The molecule has 0 spiro atoms. The number of carbonyl (C=O) groups is 1. The molecule has 188 valence electrons. The highest BCUT2D eigenvalue weighted by molar-refractivity contribution is 6.04. The molecule has 0 radical (unpaired) electrons. The Labute approximate surface area is 206 Å². The first kappa shape index (κ1) is 25.2. The number of ether oxygens (including phenoxy) is 1. The maximum Gasteiger partial charge on any atom is 0.254 e. The minimum Gasteiger partial charge on any atom is -0.395 e. The van der Waals surface area contributed by atoms with Crippen LogP contribution in [0.3, 0.4) is 0 Å². The fraction of sp³-hybridized carbons (Fsp3) is 0.444. The van der Waals surface area contributed by atoms with Gasteiger partial charge in [-0.3, -0.25) is 9.69 Å². The molecule has 2 heterocycles. The number of benzene rings is 2. The van der Waals surface area contributed by atoms with Gasteiger partial charge in [0.05, 0.1) is 24.4 Å². The Kier molecular flexibility index (Phi) is 8.05. The molecule has 1 aromatic heterocycles. The molecular formula is C27H35FN4O3. The van der Waals surface area contributed by atoms with Gasteiger partial charge < -0.3 is 24.6 Å². The fourth-order valence-corrected chi connectivity index (χ4v) is 4.79. The summed E-state index contributed by atoms with van der Waals surface area (Å²) in [5.41, 5.74) is 5.82. The number of fused-ring (bicyclic) bond motifs is 1. The summed E-state index contributed by atoms with van der Waals surface area (Å²) >= 11 is 0. The highest BCUT2D eigenvalue weighted by Gasteiger charge is 2.24. The van der Waals surface area contributed by atoms with Crippen molar-refractivity contribution >= 4 is 22.5 Å². The van der Waals surface area contributed by atoms with Crippen molar-refractivity contribution in [2.24, 2.45) is 0 Å². The molecule has 1 aliphatic rings. The van der Waals surface area contributed by atoms with E-state index in [1.807, 2.05) is 17.0 Å². The maximum atomic E-state index is 13.5. The SMILES string of the molecule is COCCn1c(C)c(C)c2cc(C(=O)N3CCN(CCO)CC3)cc(NCc3ccc(F)cc3)c21. The largest absolute Gasteiger partial charge is 0.395 e. The van der Waals surface area contributed by atoms with Crippen molar-refractivity contribution in [3.05, 3.63) is 64.6 Å². The highest BCUT2D eigenvalue weighted by Crippen LogP contribution is 2.33. The molecule has 0 bridgehead atoms. The normalized spacial score (nSPS) is 14.6. The van der Waals surface area contributed by atoms with Gasteiger partial charge in [0.15, 0.2) is 0 Å². The lowest BCUT2D eigenvalue weighted by molar-refractivity contribution is 0.0615. The molecule has 1 fully saturated rings. The average molecular weight is 483 g/mol. The number of amides is 1. The van der Waals surface area contributed by atoms with E-state index in [1.54, 1.807) is 19.2 Å². The number of aliphatic hydroxyl groups excluding tert-OH is 1. The number of nitrogens with zero attached hydrogens (tertiary/aromatic N) is 3. The number of piperazine rings is 1. The van der Waals surface area contributed by atoms with E-state index in [-0.39, 0.29) is 18.3 Å². The summed E-state index contributed by atoms with van der Waals surface area (Å²) in [7, 11) is 1.69. The number of rotatable bonds is 9. The lowest BCUT2D eigenvalue weighted by atomic mass is 10.1. The fourth-order valence-electron chi connectivity index (χ4n) is 4.79.